The molecule has 0 aliphatic rings. The summed E-state index contributed by atoms with van der Waals surface area (Å²) in [7, 11) is 0. The maximum Gasteiger partial charge on any atom is 0.257 e. The number of amides is 1. The lowest BCUT2D eigenvalue weighted by Gasteiger charge is -2.10. The molecule has 0 saturated heterocycles. The zero-order valence-corrected chi connectivity index (χ0v) is 19.3. The van der Waals surface area contributed by atoms with Gasteiger partial charge in [-0.3, -0.25) is 4.79 Å². The molecule has 4 aromatic rings. The molecule has 0 atom stereocenters. The Kier molecular flexibility index (Phi) is 7.99. The largest absolute Gasteiger partial charge is 0.484 e. The van der Waals surface area contributed by atoms with Crippen molar-refractivity contribution in [3.63, 3.8) is 0 Å². The molecule has 6 heteroatoms. The van der Waals surface area contributed by atoms with Gasteiger partial charge in [-0.15, -0.1) is 0 Å². The number of para-hydroxylation sites is 3. The lowest BCUT2D eigenvalue weighted by atomic mass is 10.1. The Morgan fingerprint density at radius 1 is 0.909 bits per heavy atom. The minimum absolute atomic E-state index is 0.0404. The van der Waals surface area contributed by atoms with E-state index in [9.17, 15) is 4.79 Å². The van der Waals surface area contributed by atoms with E-state index in [2.05, 4.69) is 40.2 Å². The highest BCUT2D eigenvalue weighted by Crippen LogP contribution is 2.20. The molecule has 33 heavy (non-hydrogen) atoms. The Balaban J connectivity index is 1.24. The quantitative estimate of drug-likeness (QED) is 0.294. The average molecular weight is 462 g/mol. The van der Waals surface area contributed by atoms with Gasteiger partial charge in [-0.25, -0.2) is 4.98 Å². The highest BCUT2D eigenvalue weighted by atomic mass is 35.5. The summed E-state index contributed by atoms with van der Waals surface area (Å²) in [5.74, 6) is 1.70. The molecule has 0 aliphatic carbocycles. The highest BCUT2D eigenvalue weighted by Gasteiger charge is 2.11. The van der Waals surface area contributed by atoms with E-state index in [0.29, 0.717) is 12.3 Å². The summed E-state index contributed by atoms with van der Waals surface area (Å²) in [4.78, 5) is 16.8. The van der Waals surface area contributed by atoms with Crippen molar-refractivity contribution in [2.45, 2.75) is 32.2 Å². The number of hydrogen-bond acceptors (Lipinski definition) is 3. The number of rotatable bonds is 11. The molecule has 3 aromatic carbocycles. The number of nitrogens with zero attached hydrogens (tertiary/aromatic N) is 2. The minimum atomic E-state index is -0.0939. The molecule has 0 aliphatic heterocycles. The molecule has 0 unspecified atom stereocenters. The maximum atomic E-state index is 12.0. The summed E-state index contributed by atoms with van der Waals surface area (Å²) in [5, 5.41) is 3.67. The Morgan fingerprint density at radius 3 is 2.48 bits per heavy atom. The number of hydrogen-bond donors (Lipinski definition) is 1. The van der Waals surface area contributed by atoms with Gasteiger partial charge < -0.3 is 14.6 Å². The third-order valence-electron chi connectivity index (χ3n) is 5.50. The lowest BCUT2D eigenvalue weighted by Crippen LogP contribution is -2.29. The Bertz CT molecular complexity index is 1170. The van der Waals surface area contributed by atoms with Crippen molar-refractivity contribution >= 4 is 28.5 Å². The predicted octanol–water partition coefficient (Wildman–Crippen LogP) is 5.65. The molecule has 0 fully saturated rings. The zero-order chi connectivity index (χ0) is 22.9. The molecule has 0 radical (unpaired) electrons. The summed E-state index contributed by atoms with van der Waals surface area (Å²) in [6.07, 6.45) is 3.85. The number of carbonyl (C=O) groups excluding carboxylic acids is 1. The summed E-state index contributed by atoms with van der Waals surface area (Å²) < 4.78 is 7.76. The fourth-order valence-corrected chi connectivity index (χ4v) is 3.92. The van der Waals surface area contributed by atoms with Crippen LogP contribution in [0, 0.1) is 0 Å². The Hall–Kier alpha value is -3.31. The summed E-state index contributed by atoms with van der Waals surface area (Å²) >= 11 is 6.04. The van der Waals surface area contributed by atoms with Gasteiger partial charge in [0.1, 0.15) is 11.6 Å². The van der Waals surface area contributed by atoms with E-state index in [1.54, 1.807) is 0 Å². The molecule has 0 saturated carbocycles. The standard InChI is InChI=1S/C27H28ClN3O2/c28-22-16-14-21(15-17-22)19-31-25-12-7-6-11-24(25)30-26(31)13-5-2-8-18-29-27(32)20-33-23-9-3-1-4-10-23/h1,3-4,6-7,9-12,14-17H,2,5,8,13,18-20H2,(H,29,32). The van der Waals surface area contributed by atoms with E-state index in [1.165, 1.54) is 5.56 Å². The number of carbonyl (C=O) groups is 1. The molecule has 1 heterocycles. The zero-order valence-electron chi connectivity index (χ0n) is 18.5. The van der Waals surface area contributed by atoms with Gasteiger partial charge in [-0.05, 0) is 54.8 Å². The predicted molar refractivity (Wildman–Crippen MR) is 133 cm³/mol. The number of benzene rings is 3. The van der Waals surface area contributed by atoms with E-state index in [1.807, 2.05) is 48.5 Å². The van der Waals surface area contributed by atoms with E-state index in [4.69, 9.17) is 21.3 Å². The van der Waals surface area contributed by atoms with Crippen molar-refractivity contribution in [2.24, 2.45) is 0 Å². The molecule has 170 valence electrons. The van der Waals surface area contributed by atoms with Gasteiger partial charge in [0, 0.05) is 24.5 Å². The summed E-state index contributed by atoms with van der Waals surface area (Å²) in [6.45, 7) is 1.46. The number of fused-ring (bicyclic) bond motifs is 1. The first-order chi connectivity index (χ1) is 16.2. The van der Waals surface area contributed by atoms with Gasteiger partial charge >= 0.3 is 0 Å². The van der Waals surface area contributed by atoms with Crippen LogP contribution in [0.3, 0.4) is 0 Å². The van der Waals surface area contributed by atoms with Crippen LogP contribution in [0.25, 0.3) is 11.0 Å². The van der Waals surface area contributed by atoms with Crippen molar-refractivity contribution in [3.05, 3.63) is 95.3 Å². The molecule has 1 amide bonds. The van der Waals surface area contributed by atoms with E-state index < -0.39 is 0 Å². The van der Waals surface area contributed by atoms with E-state index in [0.717, 1.165) is 54.1 Å². The first-order valence-corrected chi connectivity index (χ1v) is 11.7. The number of halogens is 1. The van der Waals surface area contributed by atoms with Gasteiger partial charge in [-0.1, -0.05) is 60.5 Å². The number of unbranched alkanes of at least 4 members (excludes halogenated alkanes) is 2. The first kappa shape index (κ1) is 22.9. The van der Waals surface area contributed by atoms with Gasteiger partial charge in [-0.2, -0.15) is 0 Å². The highest BCUT2D eigenvalue weighted by molar-refractivity contribution is 6.30. The van der Waals surface area contributed by atoms with Gasteiger partial charge in [0.2, 0.25) is 0 Å². The molecule has 4 rings (SSSR count). The van der Waals surface area contributed by atoms with Crippen molar-refractivity contribution in [2.75, 3.05) is 13.2 Å². The van der Waals surface area contributed by atoms with Crippen LogP contribution in [0.5, 0.6) is 5.75 Å². The monoisotopic (exact) mass is 461 g/mol. The Morgan fingerprint density at radius 2 is 1.67 bits per heavy atom. The molecule has 1 N–H and O–H groups in total. The second-order valence-electron chi connectivity index (χ2n) is 7.99. The molecule has 0 spiro atoms. The minimum Gasteiger partial charge on any atom is -0.484 e. The molecule has 5 nitrogen and oxygen atoms in total. The van der Waals surface area contributed by atoms with Crippen molar-refractivity contribution in [3.8, 4) is 5.75 Å². The number of ether oxygens (including phenoxy) is 1. The maximum absolute atomic E-state index is 12.0. The third-order valence-corrected chi connectivity index (χ3v) is 5.75. The smallest absolute Gasteiger partial charge is 0.257 e. The number of nitrogens with one attached hydrogen (secondary N) is 1. The fourth-order valence-electron chi connectivity index (χ4n) is 3.79. The van der Waals surface area contributed by atoms with E-state index >= 15 is 0 Å². The van der Waals surface area contributed by atoms with Crippen LogP contribution in [-0.4, -0.2) is 28.6 Å². The fraction of sp³-hybridized carbons (Fsp3) is 0.259. The van der Waals surface area contributed by atoms with Crippen LogP contribution in [0.2, 0.25) is 5.02 Å². The number of aromatic nitrogens is 2. The van der Waals surface area contributed by atoms with Gasteiger partial charge in [0.25, 0.3) is 5.91 Å². The van der Waals surface area contributed by atoms with Crippen molar-refractivity contribution in [1.29, 1.82) is 0 Å². The number of imidazole rings is 1. The summed E-state index contributed by atoms with van der Waals surface area (Å²) in [6, 6.07) is 25.6. The second-order valence-corrected chi connectivity index (χ2v) is 8.43. The van der Waals surface area contributed by atoms with Crippen LogP contribution in [-0.2, 0) is 17.8 Å². The SMILES string of the molecule is O=C(COc1ccccc1)NCCCCCc1nc2ccccc2n1Cc1ccc(Cl)cc1. The number of aryl methyl sites for hydroxylation is 1. The first-order valence-electron chi connectivity index (χ1n) is 11.3. The van der Waals surface area contributed by atoms with Crippen LogP contribution < -0.4 is 10.1 Å². The van der Waals surface area contributed by atoms with Gasteiger partial charge in [0.05, 0.1) is 11.0 Å². The topological polar surface area (TPSA) is 56.1 Å². The van der Waals surface area contributed by atoms with E-state index in [-0.39, 0.29) is 12.5 Å². The normalized spacial score (nSPS) is 10.9. The van der Waals surface area contributed by atoms with Crippen molar-refractivity contribution < 1.29 is 9.53 Å². The van der Waals surface area contributed by atoms with Gasteiger partial charge in [0.15, 0.2) is 6.61 Å². The summed E-state index contributed by atoms with van der Waals surface area (Å²) in [5.41, 5.74) is 3.37. The molecule has 0 bridgehead atoms. The third kappa shape index (κ3) is 6.59. The van der Waals surface area contributed by atoms with Crippen LogP contribution in [0.4, 0.5) is 0 Å². The molecular formula is C27H28ClN3O2. The van der Waals surface area contributed by atoms with Crippen LogP contribution >= 0.6 is 11.6 Å². The molecular weight excluding hydrogens is 434 g/mol. The second kappa shape index (κ2) is 11.5. The average Bonchev–Trinajstić information content (AvgIpc) is 3.19. The van der Waals surface area contributed by atoms with Crippen molar-refractivity contribution in [1.82, 2.24) is 14.9 Å². The molecule has 1 aromatic heterocycles. The lowest BCUT2D eigenvalue weighted by molar-refractivity contribution is -0.123. The van der Waals surface area contributed by atoms with Crippen LogP contribution in [0.1, 0.15) is 30.7 Å². The Labute approximate surface area is 199 Å². The van der Waals surface area contributed by atoms with Crippen LogP contribution in [0.15, 0.2) is 78.9 Å².